The van der Waals surface area contributed by atoms with Crippen LogP contribution in [0, 0.1) is 12.7 Å². The lowest BCUT2D eigenvalue weighted by Gasteiger charge is -2.31. The lowest BCUT2D eigenvalue weighted by atomic mass is 9.88. The number of benzene rings is 1. The standard InChI is InChI=1S/C25H32FN7O2/c1-16-4-5-18(19(26)14-16)24-22(20-6-9-27-25(29-20)28-10-13-32(2)3)23(30-31-24)17-7-11-33(12-8-17)21(35)15-34/h4-6,9,14,17,34H,7-8,10-13,15H2,1-3H3,(H,30,31)(H,27,28,29). The normalized spacial score (nSPS) is 14.5. The number of nitrogens with zero attached hydrogens (tertiary/aromatic N) is 5. The zero-order chi connectivity index (χ0) is 24.9. The molecule has 0 spiro atoms. The number of rotatable bonds is 8. The highest BCUT2D eigenvalue weighted by molar-refractivity contribution is 5.82. The van der Waals surface area contributed by atoms with Crippen molar-refractivity contribution in [3.63, 3.8) is 0 Å². The molecule has 186 valence electrons. The Morgan fingerprint density at radius 2 is 2.06 bits per heavy atom. The molecule has 10 heteroatoms. The number of hydrogen-bond acceptors (Lipinski definition) is 7. The number of aromatic nitrogens is 4. The van der Waals surface area contributed by atoms with Gasteiger partial charge in [-0.05, 0) is 57.6 Å². The van der Waals surface area contributed by atoms with Crippen molar-refractivity contribution in [1.29, 1.82) is 0 Å². The summed E-state index contributed by atoms with van der Waals surface area (Å²) < 4.78 is 15.0. The molecule has 3 heterocycles. The maximum Gasteiger partial charge on any atom is 0.248 e. The molecule has 0 radical (unpaired) electrons. The fourth-order valence-corrected chi connectivity index (χ4v) is 4.41. The van der Waals surface area contributed by atoms with Crippen molar-refractivity contribution in [1.82, 2.24) is 30.0 Å². The second-order valence-corrected chi connectivity index (χ2v) is 9.15. The second-order valence-electron chi connectivity index (χ2n) is 9.15. The van der Waals surface area contributed by atoms with E-state index < -0.39 is 6.61 Å². The number of anilines is 1. The highest BCUT2D eigenvalue weighted by atomic mass is 19.1. The molecule has 1 amide bonds. The number of aliphatic hydroxyl groups excluding tert-OH is 1. The van der Waals surface area contributed by atoms with E-state index in [-0.39, 0.29) is 17.6 Å². The third-order valence-electron chi connectivity index (χ3n) is 6.32. The summed E-state index contributed by atoms with van der Waals surface area (Å²) in [5, 5.41) is 20.1. The number of likely N-dealkylation sites (tertiary alicyclic amines) is 1. The van der Waals surface area contributed by atoms with Gasteiger partial charge in [0, 0.05) is 55.1 Å². The van der Waals surface area contributed by atoms with Crippen LogP contribution in [0.4, 0.5) is 10.3 Å². The number of H-pyrrole nitrogens is 1. The molecule has 0 bridgehead atoms. The van der Waals surface area contributed by atoms with E-state index in [1.807, 2.05) is 33.2 Å². The highest BCUT2D eigenvalue weighted by Crippen LogP contribution is 2.40. The Morgan fingerprint density at radius 3 is 2.74 bits per heavy atom. The van der Waals surface area contributed by atoms with Gasteiger partial charge in [0.1, 0.15) is 18.1 Å². The van der Waals surface area contributed by atoms with E-state index in [0.717, 1.165) is 23.4 Å². The van der Waals surface area contributed by atoms with Gasteiger partial charge in [-0.1, -0.05) is 6.07 Å². The Bertz CT molecular complexity index is 1170. The van der Waals surface area contributed by atoms with Crippen LogP contribution >= 0.6 is 0 Å². The van der Waals surface area contributed by atoms with Gasteiger partial charge in [-0.15, -0.1) is 0 Å². The van der Waals surface area contributed by atoms with Gasteiger partial charge >= 0.3 is 0 Å². The summed E-state index contributed by atoms with van der Waals surface area (Å²) in [5.74, 6) is -0.0243. The third kappa shape index (κ3) is 5.66. The third-order valence-corrected chi connectivity index (χ3v) is 6.32. The minimum absolute atomic E-state index is 0.0858. The molecule has 0 saturated carbocycles. The molecule has 4 rings (SSSR count). The van der Waals surface area contributed by atoms with E-state index in [1.165, 1.54) is 6.07 Å². The molecule has 3 N–H and O–H groups in total. The smallest absolute Gasteiger partial charge is 0.248 e. The van der Waals surface area contributed by atoms with Crippen LogP contribution in [0.15, 0.2) is 30.5 Å². The van der Waals surface area contributed by atoms with E-state index in [2.05, 4.69) is 25.4 Å². The molecule has 0 atom stereocenters. The van der Waals surface area contributed by atoms with Gasteiger partial charge in [-0.25, -0.2) is 14.4 Å². The molecule has 35 heavy (non-hydrogen) atoms. The zero-order valence-electron chi connectivity index (χ0n) is 20.4. The first-order valence-electron chi connectivity index (χ1n) is 11.8. The number of likely N-dealkylation sites (N-methyl/N-ethyl adjacent to an activating group) is 1. The number of amides is 1. The minimum Gasteiger partial charge on any atom is -0.387 e. The lowest BCUT2D eigenvalue weighted by molar-refractivity contribution is -0.135. The fourth-order valence-electron chi connectivity index (χ4n) is 4.41. The van der Waals surface area contributed by atoms with Gasteiger partial charge < -0.3 is 20.2 Å². The van der Waals surface area contributed by atoms with Crippen LogP contribution < -0.4 is 5.32 Å². The monoisotopic (exact) mass is 481 g/mol. The van der Waals surface area contributed by atoms with Crippen molar-refractivity contribution in [3.05, 3.63) is 47.5 Å². The van der Waals surface area contributed by atoms with Crippen LogP contribution in [0.1, 0.15) is 30.0 Å². The van der Waals surface area contributed by atoms with Crippen molar-refractivity contribution in [2.45, 2.75) is 25.7 Å². The molecule has 0 unspecified atom stereocenters. The van der Waals surface area contributed by atoms with Crippen molar-refractivity contribution in [3.8, 4) is 22.5 Å². The zero-order valence-corrected chi connectivity index (χ0v) is 20.4. The Hall–Kier alpha value is -3.37. The summed E-state index contributed by atoms with van der Waals surface area (Å²) in [5.41, 5.74) is 4.01. The van der Waals surface area contributed by atoms with Crippen LogP contribution in [0.3, 0.4) is 0 Å². The molecule has 9 nitrogen and oxygen atoms in total. The predicted octanol–water partition coefficient (Wildman–Crippen LogP) is 2.65. The van der Waals surface area contributed by atoms with Crippen molar-refractivity contribution < 1.29 is 14.3 Å². The van der Waals surface area contributed by atoms with Crippen molar-refractivity contribution in [2.75, 3.05) is 52.2 Å². The number of nitrogens with one attached hydrogen (secondary N) is 2. The molecular weight excluding hydrogens is 449 g/mol. The number of aryl methyl sites for hydroxylation is 1. The van der Waals surface area contributed by atoms with Gasteiger partial charge in [0.15, 0.2) is 0 Å². The molecule has 1 aromatic carbocycles. The Morgan fingerprint density at radius 1 is 1.29 bits per heavy atom. The van der Waals surface area contributed by atoms with Crippen LogP contribution in [-0.2, 0) is 4.79 Å². The number of halogens is 1. The fraction of sp³-hybridized carbons (Fsp3) is 0.440. The summed E-state index contributed by atoms with van der Waals surface area (Å²) in [6.07, 6.45) is 3.10. The van der Waals surface area contributed by atoms with Gasteiger partial charge in [0.25, 0.3) is 0 Å². The van der Waals surface area contributed by atoms with Crippen LogP contribution in [0.25, 0.3) is 22.5 Å². The van der Waals surface area contributed by atoms with E-state index in [4.69, 9.17) is 4.98 Å². The van der Waals surface area contributed by atoms with Crippen LogP contribution in [-0.4, -0.2) is 87.9 Å². The molecular formula is C25H32FN7O2. The highest BCUT2D eigenvalue weighted by Gasteiger charge is 2.29. The predicted molar refractivity (Wildman–Crippen MR) is 132 cm³/mol. The van der Waals surface area contributed by atoms with E-state index in [9.17, 15) is 9.90 Å². The van der Waals surface area contributed by atoms with Gasteiger partial charge in [0.05, 0.1) is 5.69 Å². The Balaban J connectivity index is 1.71. The first-order valence-corrected chi connectivity index (χ1v) is 11.8. The lowest BCUT2D eigenvalue weighted by Crippen LogP contribution is -2.39. The van der Waals surface area contributed by atoms with E-state index in [1.54, 1.807) is 17.2 Å². The molecule has 3 aromatic rings. The topological polar surface area (TPSA) is 110 Å². The SMILES string of the molecule is Cc1ccc(-c2n[nH]c(C3CCN(C(=O)CO)CC3)c2-c2ccnc(NCCN(C)C)n2)c(F)c1. The molecule has 1 saturated heterocycles. The maximum absolute atomic E-state index is 15.0. The number of piperidine rings is 1. The van der Waals surface area contributed by atoms with E-state index >= 15 is 4.39 Å². The quantitative estimate of drug-likeness (QED) is 0.454. The maximum atomic E-state index is 15.0. The van der Waals surface area contributed by atoms with Crippen molar-refractivity contribution >= 4 is 11.9 Å². The Kier molecular flexibility index (Phi) is 7.72. The summed E-state index contributed by atoms with van der Waals surface area (Å²) in [7, 11) is 4.00. The summed E-state index contributed by atoms with van der Waals surface area (Å²) in [6.45, 7) is 3.96. The summed E-state index contributed by atoms with van der Waals surface area (Å²) >= 11 is 0. The number of carbonyl (C=O) groups excluding carboxylic acids is 1. The first kappa shape index (κ1) is 24.7. The second kappa shape index (κ2) is 10.9. The molecule has 2 aromatic heterocycles. The molecule has 0 aliphatic carbocycles. The number of hydrogen-bond donors (Lipinski definition) is 3. The van der Waals surface area contributed by atoms with Gasteiger partial charge in [-0.2, -0.15) is 5.10 Å². The number of aromatic amines is 1. The minimum atomic E-state index is -0.485. The van der Waals surface area contributed by atoms with Crippen molar-refractivity contribution in [2.24, 2.45) is 0 Å². The van der Waals surface area contributed by atoms with Gasteiger partial charge in [0.2, 0.25) is 11.9 Å². The van der Waals surface area contributed by atoms with Crippen LogP contribution in [0.5, 0.6) is 0 Å². The van der Waals surface area contributed by atoms with Crippen LogP contribution in [0.2, 0.25) is 0 Å². The average molecular weight is 482 g/mol. The number of carbonyl (C=O) groups is 1. The average Bonchev–Trinajstić information content (AvgIpc) is 3.28. The first-order chi connectivity index (χ1) is 16.9. The molecule has 1 aliphatic rings. The largest absolute Gasteiger partial charge is 0.387 e. The summed E-state index contributed by atoms with van der Waals surface area (Å²) in [4.78, 5) is 24.7. The van der Waals surface area contributed by atoms with E-state index in [0.29, 0.717) is 55.4 Å². The molecule has 1 fully saturated rings. The van der Waals surface area contributed by atoms with Gasteiger partial charge in [-0.3, -0.25) is 9.89 Å². The number of aliphatic hydroxyl groups is 1. The molecule has 1 aliphatic heterocycles. The Labute approximate surface area is 204 Å². The summed E-state index contributed by atoms with van der Waals surface area (Å²) in [6, 6.07) is 6.92.